The van der Waals surface area contributed by atoms with E-state index >= 15 is 0 Å². The summed E-state index contributed by atoms with van der Waals surface area (Å²) < 4.78 is 5.40. The minimum atomic E-state index is -0.176. The fourth-order valence-electron chi connectivity index (χ4n) is 3.57. The summed E-state index contributed by atoms with van der Waals surface area (Å²) >= 11 is 1.40. The summed E-state index contributed by atoms with van der Waals surface area (Å²) in [5, 5.41) is 3.02. The summed E-state index contributed by atoms with van der Waals surface area (Å²) in [4.78, 5) is 29.0. The van der Waals surface area contributed by atoms with E-state index in [2.05, 4.69) is 5.32 Å². The van der Waals surface area contributed by atoms with E-state index in [-0.39, 0.29) is 17.9 Å². The predicted molar refractivity (Wildman–Crippen MR) is 129 cm³/mol. The molecular formula is C26H24N2O3S. The highest BCUT2D eigenvalue weighted by molar-refractivity contribution is 8.04. The molecule has 0 spiro atoms. The summed E-state index contributed by atoms with van der Waals surface area (Å²) in [7, 11) is 3.34. The molecule has 0 radical (unpaired) electrons. The van der Waals surface area contributed by atoms with Crippen LogP contribution in [0.3, 0.4) is 0 Å². The van der Waals surface area contributed by atoms with Crippen molar-refractivity contribution in [3.63, 3.8) is 0 Å². The maximum absolute atomic E-state index is 13.0. The zero-order valence-corrected chi connectivity index (χ0v) is 19.0. The number of fused-ring (bicyclic) bond motifs is 1. The lowest BCUT2D eigenvalue weighted by molar-refractivity contribution is -0.114. The van der Waals surface area contributed by atoms with E-state index in [1.165, 1.54) is 11.8 Å². The van der Waals surface area contributed by atoms with Crippen molar-refractivity contribution in [1.82, 2.24) is 5.32 Å². The highest BCUT2D eigenvalue weighted by atomic mass is 32.2. The standard InChI is InChI=1S/C26H24N2O3S/c1-17(18-9-5-4-6-10-18)27-25(29)20-13-14-23-21(15-20)28(2)26(30)24(32-23)16-19-11-7-8-12-22(19)31-3/h4-17H,1-3H3,(H,27,29)/b24-16+/t17-/m1/s1. The van der Waals surface area contributed by atoms with Gasteiger partial charge < -0.3 is 15.0 Å². The van der Waals surface area contributed by atoms with E-state index in [9.17, 15) is 9.59 Å². The summed E-state index contributed by atoms with van der Waals surface area (Å²) in [6.07, 6.45) is 1.84. The highest BCUT2D eigenvalue weighted by Crippen LogP contribution is 2.42. The van der Waals surface area contributed by atoms with Gasteiger partial charge in [-0.05, 0) is 42.8 Å². The SMILES string of the molecule is COc1ccccc1/C=C1/Sc2ccc(C(=O)N[C@H](C)c3ccccc3)cc2N(C)C1=O. The molecule has 0 saturated carbocycles. The number of carbonyl (C=O) groups excluding carboxylic acids is 2. The van der Waals surface area contributed by atoms with Gasteiger partial charge in [0.25, 0.3) is 11.8 Å². The van der Waals surface area contributed by atoms with E-state index in [0.717, 1.165) is 21.7 Å². The highest BCUT2D eigenvalue weighted by Gasteiger charge is 2.28. The first-order valence-corrected chi connectivity index (χ1v) is 11.1. The Labute approximate surface area is 192 Å². The number of carbonyl (C=O) groups is 2. The van der Waals surface area contributed by atoms with Crippen molar-refractivity contribution in [3.8, 4) is 5.75 Å². The Morgan fingerprint density at radius 2 is 1.78 bits per heavy atom. The molecule has 32 heavy (non-hydrogen) atoms. The number of hydrogen-bond acceptors (Lipinski definition) is 4. The quantitative estimate of drug-likeness (QED) is 0.543. The van der Waals surface area contributed by atoms with E-state index in [1.54, 1.807) is 31.2 Å². The molecule has 1 aliphatic heterocycles. The van der Waals surface area contributed by atoms with Gasteiger partial charge in [0.2, 0.25) is 0 Å². The van der Waals surface area contributed by atoms with E-state index < -0.39 is 0 Å². The second kappa shape index (κ2) is 9.32. The fraction of sp³-hybridized carbons (Fsp3) is 0.154. The Hall–Kier alpha value is -3.51. The Bertz CT molecular complexity index is 1190. The lowest BCUT2D eigenvalue weighted by Gasteiger charge is -2.27. The van der Waals surface area contributed by atoms with Crippen LogP contribution in [0.1, 0.15) is 34.5 Å². The number of benzene rings is 3. The van der Waals surface area contributed by atoms with Crippen LogP contribution in [0, 0.1) is 0 Å². The number of hydrogen-bond donors (Lipinski definition) is 1. The van der Waals surface area contributed by atoms with Gasteiger partial charge in [0.05, 0.1) is 23.7 Å². The molecule has 162 valence electrons. The smallest absolute Gasteiger partial charge is 0.264 e. The van der Waals surface area contributed by atoms with Gasteiger partial charge in [-0.2, -0.15) is 0 Å². The largest absolute Gasteiger partial charge is 0.496 e. The third-order valence-electron chi connectivity index (χ3n) is 5.39. The number of thioether (sulfide) groups is 1. The van der Waals surface area contributed by atoms with Crippen LogP contribution in [0.15, 0.2) is 82.6 Å². The van der Waals surface area contributed by atoms with Crippen molar-refractivity contribution in [2.24, 2.45) is 0 Å². The van der Waals surface area contributed by atoms with Crippen molar-refractivity contribution in [1.29, 1.82) is 0 Å². The zero-order chi connectivity index (χ0) is 22.7. The fourth-order valence-corrected chi connectivity index (χ4v) is 4.65. The minimum Gasteiger partial charge on any atom is -0.496 e. The van der Waals surface area contributed by atoms with Gasteiger partial charge in [-0.1, -0.05) is 60.3 Å². The molecule has 0 bridgehead atoms. The Morgan fingerprint density at radius 3 is 2.53 bits per heavy atom. The molecule has 6 heteroatoms. The molecule has 1 N–H and O–H groups in total. The summed E-state index contributed by atoms with van der Waals surface area (Å²) in [6.45, 7) is 1.95. The second-order valence-electron chi connectivity index (χ2n) is 7.51. The first-order valence-electron chi connectivity index (χ1n) is 10.3. The van der Waals surface area contributed by atoms with Crippen molar-refractivity contribution < 1.29 is 14.3 Å². The molecule has 2 amide bonds. The van der Waals surface area contributed by atoms with Gasteiger partial charge in [0, 0.05) is 23.1 Å². The Morgan fingerprint density at radius 1 is 1.06 bits per heavy atom. The molecule has 4 rings (SSSR count). The van der Waals surface area contributed by atoms with Crippen LogP contribution in [0.2, 0.25) is 0 Å². The van der Waals surface area contributed by atoms with Crippen LogP contribution in [0.25, 0.3) is 6.08 Å². The van der Waals surface area contributed by atoms with E-state index in [1.807, 2.05) is 73.7 Å². The molecule has 1 heterocycles. The number of ether oxygens (including phenoxy) is 1. The third-order valence-corrected chi connectivity index (χ3v) is 6.47. The number of anilines is 1. The maximum atomic E-state index is 13.0. The number of nitrogens with one attached hydrogen (secondary N) is 1. The first kappa shape index (κ1) is 21.7. The number of likely N-dealkylation sites (N-methyl/N-ethyl adjacent to an activating group) is 1. The molecule has 0 unspecified atom stereocenters. The number of amides is 2. The average Bonchev–Trinajstić information content (AvgIpc) is 2.83. The predicted octanol–water partition coefficient (Wildman–Crippen LogP) is 5.30. The summed E-state index contributed by atoms with van der Waals surface area (Å²) in [6, 6.07) is 22.7. The molecule has 3 aromatic rings. The molecule has 0 saturated heterocycles. The van der Waals surface area contributed by atoms with Crippen LogP contribution in [0.5, 0.6) is 5.75 Å². The molecule has 0 fully saturated rings. The number of rotatable bonds is 5. The molecular weight excluding hydrogens is 420 g/mol. The lowest BCUT2D eigenvalue weighted by Crippen LogP contribution is -2.31. The normalized spacial score (nSPS) is 15.3. The van der Waals surface area contributed by atoms with Crippen LogP contribution in [-0.4, -0.2) is 26.0 Å². The first-order chi connectivity index (χ1) is 15.5. The zero-order valence-electron chi connectivity index (χ0n) is 18.2. The maximum Gasteiger partial charge on any atom is 0.264 e. The van der Waals surface area contributed by atoms with Gasteiger partial charge in [-0.3, -0.25) is 9.59 Å². The number of nitrogens with zero attached hydrogens (tertiary/aromatic N) is 1. The van der Waals surface area contributed by atoms with Gasteiger partial charge >= 0.3 is 0 Å². The van der Waals surface area contributed by atoms with Crippen LogP contribution >= 0.6 is 11.8 Å². The number of methoxy groups -OCH3 is 1. The van der Waals surface area contributed by atoms with Crippen LogP contribution in [-0.2, 0) is 4.79 Å². The van der Waals surface area contributed by atoms with Crippen LogP contribution < -0.4 is 15.0 Å². The molecule has 0 aliphatic carbocycles. The monoisotopic (exact) mass is 444 g/mol. The molecule has 1 atom stereocenters. The van der Waals surface area contributed by atoms with Crippen molar-refractivity contribution in [2.75, 3.05) is 19.1 Å². The van der Waals surface area contributed by atoms with Gasteiger partial charge in [-0.25, -0.2) is 0 Å². The van der Waals surface area contributed by atoms with Gasteiger partial charge in [-0.15, -0.1) is 0 Å². The molecule has 3 aromatic carbocycles. The Kier molecular flexibility index (Phi) is 6.32. The van der Waals surface area contributed by atoms with Crippen LogP contribution in [0.4, 0.5) is 5.69 Å². The lowest BCUT2D eigenvalue weighted by atomic mass is 10.1. The van der Waals surface area contributed by atoms with E-state index in [0.29, 0.717) is 16.2 Å². The van der Waals surface area contributed by atoms with Crippen molar-refractivity contribution in [3.05, 3.63) is 94.4 Å². The van der Waals surface area contributed by atoms with Crippen molar-refractivity contribution >= 4 is 35.3 Å². The van der Waals surface area contributed by atoms with Gasteiger partial charge in [0.1, 0.15) is 5.75 Å². The van der Waals surface area contributed by atoms with Gasteiger partial charge in [0.15, 0.2) is 0 Å². The summed E-state index contributed by atoms with van der Waals surface area (Å²) in [5.41, 5.74) is 3.11. The molecule has 1 aliphatic rings. The number of para-hydroxylation sites is 1. The molecule has 5 nitrogen and oxygen atoms in total. The van der Waals surface area contributed by atoms with Crippen molar-refractivity contribution in [2.45, 2.75) is 17.9 Å². The molecule has 0 aromatic heterocycles. The third kappa shape index (κ3) is 4.41. The minimum absolute atomic E-state index is 0.121. The topological polar surface area (TPSA) is 58.6 Å². The van der Waals surface area contributed by atoms with E-state index in [4.69, 9.17) is 4.74 Å². The Balaban J connectivity index is 1.58. The summed E-state index contributed by atoms with van der Waals surface area (Å²) in [5.74, 6) is 0.412. The second-order valence-corrected chi connectivity index (χ2v) is 8.59. The average molecular weight is 445 g/mol.